The normalized spacial score (nSPS) is 15.8. The van der Waals surface area contributed by atoms with Gasteiger partial charge in [-0.1, -0.05) is 94.9 Å². The molecule has 2 aliphatic carbocycles. The van der Waals surface area contributed by atoms with Gasteiger partial charge in [0.15, 0.2) is 5.78 Å². The van der Waals surface area contributed by atoms with Gasteiger partial charge in [-0.2, -0.15) is 0 Å². The highest BCUT2D eigenvalue weighted by Gasteiger charge is 2.37. The molecule has 0 heterocycles. The highest BCUT2D eigenvalue weighted by atomic mass is 32.2. The first-order valence-corrected chi connectivity index (χ1v) is 13.3. The Kier molecular flexibility index (Phi) is 4.92. The number of hydrogen-bond donors (Lipinski definition) is 0. The molecule has 0 atom stereocenters. The molecule has 0 aromatic heterocycles. The molecule has 0 radical (unpaired) electrons. The Bertz CT molecular complexity index is 1520. The van der Waals surface area contributed by atoms with Gasteiger partial charge < -0.3 is 0 Å². The van der Waals surface area contributed by atoms with E-state index in [1.165, 1.54) is 54.3 Å². The van der Waals surface area contributed by atoms with Crippen LogP contribution in [0.5, 0.6) is 0 Å². The molecule has 2 aliphatic rings. The molecule has 0 bridgehead atoms. The minimum absolute atomic E-state index is 0.0116. The summed E-state index contributed by atoms with van der Waals surface area (Å²) >= 11 is 1.84. The fourth-order valence-corrected chi connectivity index (χ4v) is 6.94. The molecule has 0 fully saturated rings. The van der Waals surface area contributed by atoms with Crippen molar-refractivity contribution in [3.63, 3.8) is 0 Å². The molecule has 0 aliphatic heterocycles. The predicted molar refractivity (Wildman–Crippen MR) is 147 cm³/mol. The molecule has 4 aromatic carbocycles. The minimum Gasteiger partial charge on any atom is -0.294 e. The summed E-state index contributed by atoms with van der Waals surface area (Å²) in [6, 6.07) is 28.8. The molecule has 0 N–H and O–H groups in total. The SMILES string of the molecule is CCC(=O)c1ccc2c(c1)C(C)(C)c1cc(Sc3ccc4c(c3)C(C)(C)c3ccccc3-4)ccc1-2. The first kappa shape index (κ1) is 22.4. The molecule has 0 spiro atoms. The van der Waals surface area contributed by atoms with E-state index in [0.29, 0.717) is 6.42 Å². The first-order valence-electron chi connectivity index (χ1n) is 12.5. The summed E-state index contributed by atoms with van der Waals surface area (Å²) < 4.78 is 0. The van der Waals surface area contributed by atoms with E-state index in [1.807, 2.05) is 24.8 Å². The molecule has 0 saturated carbocycles. The number of carbonyl (C=O) groups excluding carboxylic acids is 1. The lowest BCUT2D eigenvalue weighted by atomic mass is 9.82. The Morgan fingerprint density at radius 1 is 0.629 bits per heavy atom. The van der Waals surface area contributed by atoms with E-state index in [2.05, 4.69) is 100 Å². The van der Waals surface area contributed by atoms with E-state index >= 15 is 0 Å². The third kappa shape index (κ3) is 3.27. The van der Waals surface area contributed by atoms with Gasteiger partial charge in [0.1, 0.15) is 0 Å². The van der Waals surface area contributed by atoms with Crippen molar-refractivity contribution in [2.45, 2.75) is 61.7 Å². The van der Waals surface area contributed by atoms with Gasteiger partial charge in [-0.15, -0.1) is 0 Å². The maximum Gasteiger partial charge on any atom is 0.162 e. The lowest BCUT2D eigenvalue weighted by Crippen LogP contribution is -2.15. The zero-order chi connectivity index (χ0) is 24.5. The number of ketones is 1. The van der Waals surface area contributed by atoms with Gasteiger partial charge in [0.05, 0.1) is 0 Å². The van der Waals surface area contributed by atoms with Crippen LogP contribution in [-0.2, 0) is 10.8 Å². The number of fused-ring (bicyclic) bond motifs is 6. The van der Waals surface area contributed by atoms with Crippen LogP contribution >= 0.6 is 11.8 Å². The summed E-state index contributed by atoms with van der Waals surface area (Å²) in [6.45, 7) is 11.2. The summed E-state index contributed by atoms with van der Waals surface area (Å²) in [6.07, 6.45) is 0.537. The van der Waals surface area contributed by atoms with Crippen LogP contribution in [-0.4, -0.2) is 5.78 Å². The Labute approximate surface area is 212 Å². The van der Waals surface area contributed by atoms with Crippen molar-refractivity contribution in [1.29, 1.82) is 0 Å². The van der Waals surface area contributed by atoms with Crippen LogP contribution in [0.25, 0.3) is 22.3 Å². The Morgan fingerprint density at radius 3 is 1.71 bits per heavy atom. The van der Waals surface area contributed by atoms with E-state index in [-0.39, 0.29) is 16.6 Å². The van der Waals surface area contributed by atoms with E-state index in [0.717, 1.165) is 5.56 Å². The average Bonchev–Trinajstić information content (AvgIpc) is 3.23. The zero-order valence-electron chi connectivity index (χ0n) is 21.0. The summed E-state index contributed by atoms with van der Waals surface area (Å²) in [5, 5.41) is 0. The van der Waals surface area contributed by atoms with Crippen molar-refractivity contribution in [2.24, 2.45) is 0 Å². The van der Waals surface area contributed by atoms with Crippen molar-refractivity contribution in [3.05, 3.63) is 107 Å². The zero-order valence-corrected chi connectivity index (χ0v) is 21.8. The molecule has 174 valence electrons. The summed E-state index contributed by atoms with van der Waals surface area (Å²) in [4.78, 5) is 14.9. The predicted octanol–water partition coefficient (Wildman–Crippen LogP) is 9.04. The van der Waals surface area contributed by atoms with Crippen molar-refractivity contribution in [2.75, 3.05) is 0 Å². The first-order chi connectivity index (χ1) is 16.7. The number of carbonyl (C=O) groups is 1. The van der Waals surface area contributed by atoms with Gasteiger partial charge >= 0.3 is 0 Å². The number of Topliss-reactive ketones (excluding diaryl/α,β-unsaturated/α-hetero) is 1. The van der Waals surface area contributed by atoms with Gasteiger partial charge in [0.25, 0.3) is 0 Å². The van der Waals surface area contributed by atoms with Gasteiger partial charge in [0.2, 0.25) is 0 Å². The smallest absolute Gasteiger partial charge is 0.162 e. The molecular formula is C33H30OS. The molecular weight excluding hydrogens is 444 g/mol. The number of rotatable bonds is 4. The molecule has 35 heavy (non-hydrogen) atoms. The fraction of sp³-hybridized carbons (Fsp3) is 0.242. The standard InChI is InChI=1S/C33H30OS/c1-6-31(34)20-11-14-24-26-16-13-22(19-30(26)33(4,5)28(24)17-20)35-21-12-15-25-23-9-7-8-10-27(23)32(2,3)29(25)18-21/h7-19H,6H2,1-5H3. The second-order valence-electron chi connectivity index (χ2n) is 10.8. The maximum absolute atomic E-state index is 12.3. The van der Waals surface area contributed by atoms with Crippen LogP contribution in [0, 0.1) is 0 Å². The van der Waals surface area contributed by atoms with Crippen molar-refractivity contribution in [3.8, 4) is 22.3 Å². The van der Waals surface area contributed by atoms with Crippen LogP contribution in [0.2, 0.25) is 0 Å². The van der Waals surface area contributed by atoms with Crippen molar-refractivity contribution >= 4 is 17.5 Å². The summed E-state index contributed by atoms with van der Waals surface area (Å²) in [5.41, 5.74) is 11.4. The van der Waals surface area contributed by atoms with Crippen molar-refractivity contribution in [1.82, 2.24) is 0 Å². The van der Waals surface area contributed by atoms with Crippen LogP contribution < -0.4 is 0 Å². The Morgan fingerprint density at radius 2 is 1.11 bits per heavy atom. The summed E-state index contributed by atoms with van der Waals surface area (Å²) in [7, 11) is 0. The van der Waals surface area contributed by atoms with E-state index in [1.54, 1.807) is 0 Å². The Hall–Kier alpha value is -3.10. The molecule has 2 heteroatoms. The van der Waals surface area contributed by atoms with Gasteiger partial charge in [0, 0.05) is 32.6 Å². The quantitative estimate of drug-likeness (QED) is 0.274. The fourth-order valence-electron chi connectivity index (χ4n) is 6.04. The van der Waals surface area contributed by atoms with E-state index in [9.17, 15) is 4.79 Å². The monoisotopic (exact) mass is 474 g/mol. The molecule has 0 saturated heterocycles. The second kappa shape index (κ2) is 7.70. The molecule has 0 unspecified atom stereocenters. The number of hydrogen-bond acceptors (Lipinski definition) is 2. The summed E-state index contributed by atoms with van der Waals surface area (Å²) in [5.74, 6) is 0.206. The molecule has 1 nitrogen and oxygen atoms in total. The topological polar surface area (TPSA) is 17.1 Å². The highest BCUT2D eigenvalue weighted by Crippen LogP contribution is 2.52. The minimum atomic E-state index is -0.132. The highest BCUT2D eigenvalue weighted by molar-refractivity contribution is 7.99. The van der Waals surface area contributed by atoms with Crippen LogP contribution in [0.15, 0.2) is 88.7 Å². The third-order valence-electron chi connectivity index (χ3n) is 8.08. The van der Waals surface area contributed by atoms with Gasteiger partial charge in [-0.25, -0.2) is 0 Å². The Balaban J connectivity index is 1.35. The largest absolute Gasteiger partial charge is 0.294 e. The van der Waals surface area contributed by atoms with Crippen molar-refractivity contribution < 1.29 is 4.79 Å². The van der Waals surface area contributed by atoms with Crippen LogP contribution in [0.1, 0.15) is 73.7 Å². The number of benzene rings is 4. The molecule has 6 rings (SSSR count). The second-order valence-corrected chi connectivity index (χ2v) is 12.0. The van der Waals surface area contributed by atoms with Crippen LogP contribution in [0.4, 0.5) is 0 Å². The average molecular weight is 475 g/mol. The van der Waals surface area contributed by atoms with E-state index < -0.39 is 0 Å². The molecule has 0 amide bonds. The molecule has 4 aromatic rings. The lowest BCUT2D eigenvalue weighted by molar-refractivity contribution is 0.0988. The van der Waals surface area contributed by atoms with Gasteiger partial charge in [-0.3, -0.25) is 4.79 Å². The maximum atomic E-state index is 12.3. The third-order valence-corrected chi connectivity index (χ3v) is 9.06. The lowest BCUT2D eigenvalue weighted by Gasteiger charge is -2.23. The van der Waals surface area contributed by atoms with Crippen LogP contribution in [0.3, 0.4) is 0 Å². The van der Waals surface area contributed by atoms with E-state index in [4.69, 9.17) is 0 Å². The van der Waals surface area contributed by atoms with Gasteiger partial charge in [-0.05, 0) is 74.8 Å².